The number of benzene rings is 3. The highest BCUT2D eigenvalue weighted by Gasteiger charge is 2.19. The Morgan fingerprint density at radius 2 is 1.65 bits per heavy atom. The van der Waals surface area contributed by atoms with Crippen LogP contribution in [0, 0.1) is 11.6 Å². The Balaban J connectivity index is 1.48. The first-order valence-corrected chi connectivity index (χ1v) is 9.52. The Morgan fingerprint density at radius 3 is 2.48 bits per heavy atom. The van der Waals surface area contributed by atoms with Crippen LogP contribution in [0.25, 0.3) is 0 Å². The molecule has 31 heavy (non-hydrogen) atoms. The summed E-state index contributed by atoms with van der Waals surface area (Å²) in [5, 5.41) is 5.03. The van der Waals surface area contributed by atoms with Crippen LogP contribution in [0.4, 0.5) is 14.5 Å². The molecule has 3 aromatic carbocycles. The van der Waals surface area contributed by atoms with Crippen molar-refractivity contribution in [2.75, 3.05) is 12.1 Å². The van der Waals surface area contributed by atoms with Crippen molar-refractivity contribution in [2.45, 2.75) is 6.54 Å². The summed E-state index contributed by atoms with van der Waals surface area (Å²) in [5.41, 5.74) is 0.926. The van der Waals surface area contributed by atoms with Gasteiger partial charge in [-0.2, -0.15) is 0 Å². The Kier molecular flexibility index (Phi) is 5.73. The summed E-state index contributed by atoms with van der Waals surface area (Å²) in [6.07, 6.45) is 0. The van der Waals surface area contributed by atoms with Gasteiger partial charge in [-0.3, -0.25) is 9.59 Å². The fraction of sp³-hybridized carbons (Fsp3) is 0.0909. The van der Waals surface area contributed by atoms with Crippen LogP contribution >= 0.6 is 11.6 Å². The van der Waals surface area contributed by atoms with Crippen LogP contribution in [0.2, 0.25) is 5.02 Å². The van der Waals surface area contributed by atoms with E-state index < -0.39 is 23.4 Å². The quantitative estimate of drug-likeness (QED) is 0.567. The van der Waals surface area contributed by atoms with E-state index in [0.717, 1.165) is 11.6 Å². The molecule has 0 radical (unpaired) electrons. The van der Waals surface area contributed by atoms with Crippen LogP contribution in [0.3, 0.4) is 0 Å². The SMILES string of the molecule is O=C(Nc1ccccc1C(=O)NCc1ccc2c(c1)OCO2)c1cc(F)c(F)cc1Cl. The minimum Gasteiger partial charge on any atom is -0.454 e. The maximum Gasteiger partial charge on any atom is 0.257 e. The number of hydrogen-bond acceptors (Lipinski definition) is 4. The molecular formula is C22H15ClF2N2O4. The number of para-hydroxylation sites is 1. The van der Waals surface area contributed by atoms with Gasteiger partial charge >= 0.3 is 0 Å². The zero-order valence-electron chi connectivity index (χ0n) is 15.9. The van der Waals surface area contributed by atoms with Crippen LogP contribution in [-0.2, 0) is 6.54 Å². The van der Waals surface area contributed by atoms with Crippen LogP contribution in [0.1, 0.15) is 26.3 Å². The summed E-state index contributed by atoms with van der Waals surface area (Å²) in [4.78, 5) is 25.2. The maximum atomic E-state index is 13.5. The number of hydrogen-bond donors (Lipinski definition) is 2. The first-order valence-electron chi connectivity index (χ1n) is 9.14. The van der Waals surface area contributed by atoms with Crippen molar-refractivity contribution in [1.29, 1.82) is 0 Å². The molecule has 0 aliphatic carbocycles. The van der Waals surface area contributed by atoms with Gasteiger partial charge in [0, 0.05) is 6.54 Å². The molecule has 0 fully saturated rings. The average Bonchev–Trinajstić information content (AvgIpc) is 3.23. The number of halogens is 3. The molecule has 0 saturated carbocycles. The molecule has 1 aliphatic heterocycles. The summed E-state index contributed by atoms with van der Waals surface area (Å²) < 4.78 is 37.3. The third kappa shape index (κ3) is 4.44. The Morgan fingerprint density at radius 1 is 0.903 bits per heavy atom. The van der Waals surface area contributed by atoms with Gasteiger partial charge < -0.3 is 20.1 Å². The third-order valence-electron chi connectivity index (χ3n) is 4.56. The number of rotatable bonds is 5. The number of carbonyl (C=O) groups is 2. The molecule has 4 rings (SSSR count). The molecule has 0 spiro atoms. The van der Waals surface area contributed by atoms with Crippen LogP contribution < -0.4 is 20.1 Å². The molecule has 1 aliphatic rings. The molecule has 0 bridgehead atoms. The van der Waals surface area contributed by atoms with Crippen molar-refractivity contribution < 1.29 is 27.8 Å². The molecule has 0 saturated heterocycles. The molecule has 9 heteroatoms. The lowest BCUT2D eigenvalue weighted by molar-refractivity contribution is 0.0951. The van der Waals surface area contributed by atoms with Gasteiger partial charge in [0.15, 0.2) is 23.1 Å². The number of carbonyl (C=O) groups excluding carboxylic acids is 2. The molecule has 1 heterocycles. The normalized spacial score (nSPS) is 11.8. The van der Waals surface area contributed by atoms with Crippen LogP contribution in [0.5, 0.6) is 11.5 Å². The van der Waals surface area contributed by atoms with Gasteiger partial charge in [0.05, 0.1) is 21.8 Å². The highest BCUT2D eigenvalue weighted by Crippen LogP contribution is 2.32. The Labute approximate surface area is 180 Å². The van der Waals surface area contributed by atoms with Crippen LogP contribution in [-0.4, -0.2) is 18.6 Å². The topological polar surface area (TPSA) is 76.7 Å². The van der Waals surface area contributed by atoms with E-state index in [1.807, 2.05) is 0 Å². The van der Waals surface area contributed by atoms with Crippen molar-refractivity contribution >= 4 is 29.1 Å². The number of amides is 2. The van der Waals surface area contributed by atoms with Crippen molar-refractivity contribution in [2.24, 2.45) is 0 Å². The maximum absolute atomic E-state index is 13.5. The van der Waals surface area contributed by atoms with E-state index in [1.54, 1.807) is 30.3 Å². The molecule has 6 nitrogen and oxygen atoms in total. The zero-order chi connectivity index (χ0) is 22.0. The molecule has 158 valence electrons. The summed E-state index contributed by atoms with van der Waals surface area (Å²) in [7, 11) is 0. The third-order valence-corrected chi connectivity index (χ3v) is 4.88. The van der Waals surface area contributed by atoms with Crippen LogP contribution in [0.15, 0.2) is 54.6 Å². The molecule has 0 unspecified atom stereocenters. The van der Waals surface area contributed by atoms with Crippen molar-refractivity contribution in [3.8, 4) is 11.5 Å². The van der Waals surface area contributed by atoms with E-state index in [0.29, 0.717) is 17.6 Å². The number of ether oxygens (including phenoxy) is 2. The van der Waals surface area contributed by atoms with Gasteiger partial charge in [0.1, 0.15) is 0 Å². The van der Waals surface area contributed by atoms with E-state index in [4.69, 9.17) is 21.1 Å². The first kappa shape index (κ1) is 20.6. The standard InChI is InChI=1S/C22H15ClF2N2O4/c23-15-9-17(25)16(24)8-14(15)22(29)27-18-4-2-1-3-13(18)21(28)26-10-12-5-6-19-20(7-12)31-11-30-19/h1-9H,10-11H2,(H,26,28)(H,27,29). The Hall–Kier alpha value is -3.65. The van der Waals surface area contributed by atoms with E-state index >= 15 is 0 Å². The van der Waals surface area contributed by atoms with Crippen molar-refractivity contribution in [3.63, 3.8) is 0 Å². The fourth-order valence-corrected chi connectivity index (χ4v) is 3.24. The largest absolute Gasteiger partial charge is 0.454 e. The second-order valence-corrected chi connectivity index (χ2v) is 7.02. The van der Waals surface area contributed by atoms with E-state index in [1.165, 1.54) is 12.1 Å². The lowest BCUT2D eigenvalue weighted by Crippen LogP contribution is -2.25. The van der Waals surface area contributed by atoms with E-state index in [2.05, 4.69) is 10.6 Å². The summed E-state index contributed by atoms with van der Waals surface area (Å²) in [6, 6.07) is 13.0. The molecule has 2 amide bonds. The molecule has 2 N–H and O–H groups in total. The summed E-state index contributed by atoms with van der Waals surface area (Å²) >= 11 is 5.86. The molecule has 0 atom stereocenters. The van der Waals surface area contributed by atoms with Crippen molar-refractivity contribution in [3.05, 3.63) is 87.9 Å². The molecule has 3 aromatic rings. The first-order chi connectivity index (χ1) is 14.9. The molecular weight excluding hydrogens is 430 g/mol. The second kappa shape index (κ2) is 8.61. The van der Waals surface area contributed by atoms with E-state index in [9.17, 15) is 18.4 Å². The highest BCUT2D eigenvalue weighted by atomic mass is 35.5. The minimum absolute atomic E-state index is 0.153. The van der Waals surface area contributed by atoms with Crippen molar-refractivity contribution in [1.82, 2.24) is 5.32 Å². The van der Waals surface area contributed by atoms with E-state index in [-0.39, 0.29) is 35.2 Å². The van der Waals surface area contributed by atoms with Gasteiger partial charge in [0.25, 0.3) is 11.8 Å². The van der Waals surface area contributed by atoms with Gasteiger partial charge in [-0.05, 0) is 42.0 Å². The lowest BCUT2D eigenvalue weighted by Gasteiger charge is -2.12. The number of fused-ring (bicyclic) bond motifs is 1. The van der Waals surface area contributed by atoms with Gasteiger partial charge in [-0.1, -0.05) is 29.8 Å². The predicted octanol–water partition coefficient (Wildman–Crippen LogP) is 4.53. The van der Waals surface area contributed by atoms with Gasteiger partial charge in [-0.25, -0.2) is 8.78 Å². The Bertz CT molecular complexity index is 1190. The zero-order valence-corrected chi connectivity index (χ0v) is 16.6. The monoisotopic (exact) mass is 444 g/mol. The smallest absolute Gasteiger partial charge is 0.257 e. The number of nitrogens with one attached hydrogen (secondary N) is 2. The fourth-order valence-electron chi connectivity index (χ4n) is 3.00. The molecule has 0 aromatic heterocycles. The highest BCUT2D eigenvalue weighted by molar-refractivity contribution is 6.34. The summed E-state index contributed by atoms with van der Waals surface area (Å²) in [6.45, 7) is 0.368. The number of anilines is 1. The lowest BCUT2D eigenvalue weighted by atomic mass is 10.1. The average molecular weight is 445 g/mol. The second-order valence-electron chi connectivity index (χ2n) is 6.62. The predicted molar refractivity (Wildman–Crippen MR) is 109 cm³/mol. The minimum atomic E-state index is -1.20. The van der Waals surface area contributed by atoms with Gasteiger partial charge in [0.2, 0.25) is 6.79 Å². The summed E-state index contributed by atoms with van der Waals surface area (Å²) in [5.74, 6) is -2.35. The van der Waals surface area contributed by atoms with Gasteiger partial charge in [-0.15, -0.1) is 0 Å².